The predicted octanol–water partition coefficient (Wildman–Crippen LogP) is 14.1. The van der Waals surface area contributed by atoms with Gasteiger partial charge in [0.25, 0.3) is 0 Å². The van der Waals surface area contributed by atoms with Crippen LogP contribution in [0, 0.1) is 0 Å². The lowest BCUT2D eigenvalue weighted by atomic mass is 9.75. The summed E-state index contributed by atoms with van der Waals surface area (Å²) >= 11 is 0. The summed E-state index contributed by atoms with van der Waals surface area (Å²) in [7, 11) is 0. The van der Waals surface area contributed by atoms with Gasteiger partial charge in [-0.3, -0.25) is 0 Å². The van der Waals surface area contributed by atoms with E-state index in [1.54, 1.807) is 0 Å². The van der Waals surface area contributed by atoms with Crippen LogP contribution in [0.3, 0.4) is 0 Å². The molecule has 0 aliphatic carbocycles. The van der Waals surface area contributed by atoms with Crippen LogP contribution in [-0.4, -0.2) is 130 Å². The van der Waals surface area contributed by atoms with Gasteiger partial charge in [-0.2, -0.15) is 180 Å². The molecule has 0 bridgehead atoms. The third-order valence-corrected chi connectivity index (χ3v) is 8.57. The monoisotopic (exact) mass is 1110 g/mol. The molecule has 0 fully saturated rings. The van der Waals surface area contributed by atoms with Gasteiger partial charge in [0.05, 0.1) is 0 Å². The van der Waals surface area contributed by atoms with E-state index in [2.05, 4.69) is 0 Å². The molecule has 0 radical (unpaired) electrons. The van der Waals surface area contributed by atoms with Crippen LogP contribution in [-0.2, 0) is 0 Å². The summed E-state index contributed by atoms with van der Waals surface area (Å²) in [6.07, 6.45) is -23.0. The van der Waals surface area contributed by atoms with Crippen molar-refractivity contribution in [3.05, 3.63) is 0 Å². The first-order valence-corrected chi connectivity index (χ1v) is 14.7. The second kappa shape index (κ2) is 15.5. The Morgan fingerprint density at radius 1 is 0.224 bits per heavy atom. The lowest BCUT2D eigenvalue weighted by molar-refractivity contribution is -0.506. The van der Waals surface area contributed by atoms with Crippen molar-refractivity contribution in [1.82, 2.24) is 0 Å². The smallest absolute Gasteiger partial charge is 0.333 e. The molecular formula is C24H8F42O. The van der Waals surface area contributed by atoms with Crippen LogP contribution in [0.5, 0.6) is 0 Å². The maximum absolute atomic E-state index is 14.9. The topological polar surface area (TPSA) is 20.2 Å². The standard InChI is InChI=1S/C24H8F42O/c1-2-3-4(25,26)6(28,29)9(34,35)12(40,41)15(46,47)16(48,49)13(42,43)10(36,37)7(30,31)5(27,24(65,66)67)8(32,33)11(38,39)14(44,45)17(50,51)18(52,53)19(54,55)20(56,57)21(58,59)22(60,61)23(62,63)64/h67H,2-3H2,1H3. The SMILES string of the molecule is CCCC(F)(F)C(F)(F)C(F)(F)C(F)(F)C(F)(F)C(F)(F)C(F)(F)C(F)(F)C(F)(F)C(F)(C(O)(F)F)C(F)(F)C(F)(F)C(F)(F)C(F)(F)C(F)(F)C(F)(F)C(F)(F)C(F)(F)C(F)(F)C(F)(F)F. The van der Waals surface area contributed by atoms with Gasteiger partial charge < -0.3 is 5.11 Å². The van der Waals surface area contributed by atoms with Crippen LogP contribution in [0.15, 0.2) is 0 Å². The summed E-state index contributed by atoms with van der Waals surface area (Å²) < 4.78 is 579. The van der Waals surface area contributed by atoms with Crippen LogP contribution < -0.4 is 0 Å². The summed E-state index contributed by atoms with van der Waals surface area (Å²) in [5.74, 6) is -180. The van der Waals surface area contributed by atoms with Gasteiger partial charge in [0.15, 0.2) is 0 Å². The second-order valence-corrected chi connectivity index (χ2v) is 12.9. The van der Waals surface area contributed by atoms with E-state index in [0.717, 1.165) is 0 Å². The van der Waals surface area contributed by atoms with Gasteiger partial charge in [0.1, 0.15) is 0 Å². The molecule has 404 valence electrons. The summed E-state index contributed by atoms with van der Waals surface area (Å²) in [4.78, 5) is 0. The fraction of sp³-hybridized carbons (Fsp3) is 1.00. The maximum atomic E-state index is 14.9. The zero-order chi connectivity index (χ0) is 55.9. The number of hydrogen-bond acceptors (Lipinski definition) is 1. The Morgan fingerprint density at radius 2 is 0.373 bits per heavy atom. The number of aliphatic hydroxyl groups is 1. The molecule has 67 heavy (non-hydrogen) atoms. The van der Waals surface area contributed by atoms with Crippen molar-refractivity contribution in [3.63, 3.8) is 0 Å². The fourth-order valence-electron chi connectivity index (χ4n) is 4.45. The maximum Gasteiger partial charge on any atom is 0.460 e. The molecule has 1 unspecified atom stereocenters. The number of hydrogen-bond donors (Lipinski definition) is 1. The van der Waals surface area contributed by atoms with E-state index >= 15 is 0 Å². The van der Waals surface area contributed by atoms with Gasteiger partial charge >= 0.3 is 125 Å². The highest BCUT2D eigenvalue weighted by Gasteiger charge is 3.05. The first-order chi connectivity index (χ1) is 28.1. The van der Waals surface area contributed by atoms with Crippen LogP contribution in [0.4, 0.5) is 184 Å². The number of halogens is 42. The highest BCUT2D eigenvalue weighted by atomic mass is 19.4. The molecule has 0 aliphatic heterocycles. The van der Waals surface area contributed by atoms with Gasteiger partial charge in [-0.25, -0.2) is 4.39 Å². The van der Waals surface area contributed by atoms with E-state index in [0.29, 0.717) is 0 Å². The molecule has 0 aromatic rings. The first-order valence-electron chi connectivity index (χ1n) is 14.7. The molecule has 1 atom stereocenters. The zero-order valence-corrected chi connectivity index (χ0v) is 29.2. The van der Waals surface area contributed by atoms with Gasteiger partial charge in [0.2, 0.25) is 0 Å². The Balaban J connectivity index is 8.45. The molecule has 0 amide bonds. The van der Waals surface area contributed by atoms with E-state index in [9.17, 15) is 184 Å². The highest BCUT2D eigenvalue weighted by molar-refractivity contribution is 5.27. The minimum Gasteiger partial charge on any atom is -0.333 e. The predicted molar refractivity (Wildman–Crippen MR) is 121 cm³/mol. The van der Waals surface area contributed by atoms with Crippen LogP contribution in [0.2, 0.25) is 0 Å². The Kier molecular flexibility index (Phi) is 14.8. The highest BCUT2D eigenvalue weighted by Crippen LogP contribution is 2.72. The molecule has 0 aromatic carbocycles. The van der Waals surface area contributed by atoms with Crippen molar-refractivity contribution in [2.45, 2.75) is 144 Å². The van der Waals surface area contributed by atoms with Crippen LogP contribution in [0.1, 0.15) is 19.8 Å². The lowest BCUT2D eigenvalue weighted by Crippen LogP contribution is -2.84. The summed E-state index contributed by atoms with van der Waals surface area (Å²) in [5.41, 5.74) is -10.9. The quantitative estimate of drug-likeness (QED) is 0.114. The van der Waals surface area contributed by atoms with Gasteiger partial charge in [-0.15, -0.1) is 0 Å². The molecule has 43 heteroatoms. The molecule has 0 aromatic heterocycles. The minimum atomic E-state index is -11.0. The fourth-order valence-corrected chi connectivity index (χ4v) is 4.45. The Labute approximate surface area is 335 Å². The summed E-state index contributed by atoms with van der Waals surface area (Å²) in [6.45, 7) is 0.148. The molecular weight excluding hydrogens is 1100 g/mol. The van der Waals surface area contributed by atoms with Crippen LogP contribution in [0.25, 0.3) is 0 Å². The van der Waals surface area contributed by atoms with Gasteiger partial charge in [0, 0.05) is 6.42 Å². The molecule has 0 heterocycles. The van der Waals surface area contributed by atoms with Crippen LogP contribution >= 0.6 is 0 Å². The average Bonchev–Trinajstić information content (AvgIpc) is 3.08. The van der Waals surface area contributed by atoms with Crippen molar-refractivity contribution in [2.24, 2.45) is 0 Å². The molecule has 1 nitrogen and oxygen atoms in total. The van der Waals surface area contributed by atoms with Gasteiger partial charge in [-0.1, -0.05) is 13.3 Å². The van der Waals surface area contributed by atoms with E-state index in [1.165, 1.54) is 0 Å². The Morgan fingerprint density at radius 3 is 0.522 bits per heavy atom. The molecule has 0 rings (SSSR count). The van der Waals surface area contributed by atoms with Crippen molar-refractivity contribution in [2.75, 3.05) is 0 Å². The summed E-state index contributed by atoms with van der Waals surface area (Å²) in [6, 6.07) is 0. The van der Waals surface area contributed by atoms with E-state index < -0.39 is 137 Å². The molecule has 0 saturated heterocycles. The molecule has 1 N–H and O–H groups in total. The zero-order valence-electron chi connectivity index (χ0n) is 29.2. The minimum absolute atomic E-state index is 0.148. The van der Waals surface area contributed by atoms with Crippen molar-refractivity contribution >= 4 is 0 Å². The van der Waals surface area contributed by atoms with Crippen molar-refractivity contribution in [1.29, 1.82) is 0 Å². The Hall–Kier alpha value is -2.98. The Bertz CT molecular complexity index is 1770. The largest absolute Gasteiger partial charge is 0.460 e. The van der Waals surface area contributed by atoms with Crippen molar-refractivity contribution < 1.29 is 190 Å². The van der Waals surface area contributed by atoms with E-state index in [4.69, 9.17) is 5.11 Å². The summed E-state index contributed by atoms with van der Waals surface area (Å²) in [5, 5.41) is 7.97. The third kappa shape index (κ3) is 7.16. The number of alkyl halides is 42. The number of rotatable bonds is 21. The second-order valence-electron chi connectivity index (χ2n) is 12.9. The normalized spacial score (nSPS) is 18.1. The first kappa shape index (κ1) is 64.0. The molecule has 0 saturated carbocycles. The molecule has 0 spiro atoms. The lowest BCUT2D eigenvalue weighted by Gasteiger charge is -2.50. The van der Waals surface area contributed by atoms with E-state index in [1.807, 2.05) is 0 Å². The molecule has 0 aliphatic rings. The van der Waals surface area contributed by atoms with E-state index in [-0.39, 0.29) is 6.92 Å². The third-order valence-electron chi connectivity index (χ3n) is 8.57. The van der Waals surface area contributed by atoms with Crippen molar-refractivity contribution in [3.8, 4) is 0 Å². The average molecular weight is 1110 g/mol. The van der Waals surface area contributed by atoms with Gasteiger partial charge in [-0.05, 0) is 0 Å².